The van der Waals surface area contributed by atoms with Crippen LogP contribution >= 0.6 is 0 Å². The molecular formula is C29H30N4O4. The number of nitrogens with zero attached hydrogens (tertiary/aromatic N) is 2. The largest absolute Gasteiger partial charge is 0.493 e. The van der Waals surface area contributed by atoms with Gasteiger partial charge in [0.15, 0.2) is 17.3 Å². The Morgan fingerprint density at radius 3 is 2.35 bits per heavy atom. The van der Waals surface area contributed by atoms with Crippen LogP contribution < -0.4 is 24.8 Å². The van der Waals surface area contributed by atoms with Crippen molar-refractivity contribution in [2.45, 2.75) is 25.8 Å². The summed E-state index contributed by atoms with van der Waals surface area (Å²) in [6.07, 6.45) is 1.30. The molecule has 37 heavy (non-hydrogen) atoms. The van der Waals surface area contributed by atoms with Gasteiger partial charge in [0, 0.05) is 11.8 Å². The van der Waals surface area contributed by atoms with E-state index in [9.17, 15) is 4.79 Å². The molecule has 8 nitrogen and oxygen atoms in total. The molecule has 0 radical (unpaired) electrons. The van der Waals surface area contributed by atoms with Crippen molar-refractivity contribution in [1.82, 2.24) is 9.97 Å². The number of carbonyl (C=O) groups excluding carboxylic acids is 1. The van der Waals surface area contributed by atoms with Crippen molar-refractivity contribution in [3.05, 3.63) is 77.9 Å². The molecule has 0 bridgehead atoms. The highest BCUT2D eigenvalue weighted by atomic mass is 16.5. The van der Waals surface area contributed by atoms with Gasteiger partial charge in [0.1, 0.15) is 0 Å². The smallest absolute Gasteiger partial charge is 0.258 e. The van der Waals surface area contributed by atoms with Crippen LogP contribution in [-0.2, 0) is 11.2 Å². The molecule has 2 atom stereocenters. The van der Waals surface area contributed by atoms with Gasteiger partial charge in [-0.1, -0.05) is 42.5 Å². The molecule has 0 saturated carbocycles. The molecule has 0 spiro atoms. The Kier molecular flexibility index (Phi) is 7.07. The zero-order chi connectivity index (χ0) is 25.8. The number of aryl methyl sites for hydroxylation is 1. The highest BCUT2D eigenvalue weighted by Gasteiger charge is 2.34. The first-order valence-electron chi connectivity index (χ1n) is 12.4. The molecule has 2 heterocycles. The van der Waals surface area contributed by atoms with Crippen molar-refractivity contribution in [2.75, 3.05) is 31.5 Å². The molecule has 8 heteroatoms. The van der Waals surface area contributed by atoms with Crippen molar-refractivity contribution >= 4 is 28.4 Å². The van der Waals surface area contributed by atoms with Crippen LogP contribution in [0.3, 0.4) is 0 Å². The summed E-state index contributed by atoms with van der Waals surface area (Å²) in [4.78, 5) is 23.1. The van der Waals surface area contributed by atoms with Gasteiger partial charge in [0.2, 0.25) is 5.91 Å². The SMILES string of the molecule is CCOc1nc2ccccc2nc1NC(=O)C1CCc2cc(OC)c(OC)cc2NC1c1ccccc1. The summed E-state index contributed by atoms with van der Waals surface area (Å²) in [6.45, 7) is 2.29. The summed E-state index contributed by atoms with van der Waals surface area (Å²) in [6, 6.07) is 21.2. The Labute approximate surface area is 216 Å². The number of para-hydroxylation sites is 2. The van der Waals surface area contributed by atoms with Gasteiger partial charge in [0.25, 0.3) is 5.88 Å². The molecule has 1 aliphatic rings. The van der Waals surface area contributed by atoms with E-state index in [2.05, 4.69) is 20.6 Å². The second-order valence-corrected chi connectivity index (χ2v) is 8.83. The van der Waals surface area contributed by atoms with Crippen molar-refractivity contribution in [3.63, 3.8) is 0 Å². The van der Waals surface area contributed by atoms with Gasteiger partial charge < -0.3 is 24.8 Å². The first-order valence-corrected chi connectivity index (χ1v) is 12.4. The zero-order valence-electron chi connectivity index (χ0n) is 21.2. The Hall–Kier alpha value is -4.33. The Morgan fingerprint density at radius 1 is 0.973 bits per heavy atom. The Balaban J connectivity index is 1.51. The predicted molar refractivity (Wildman–Crippen MR) is 143 cm³/mol. The van der Waals surface area contributed by atoms with Crippen molar-refractivity contribution in [3.8, 4) is 17.4 Å². The van der Waals surface area contributed by atoms with Crippen LogP contribution in [0.25, 0.3) is 11.0 Å². The highest BCUT2D eigenvalue weighted by molar-refractivity contribution is 5.95. The number of fused-ring (bicyclic) bond motifs is 2. The second kappa shape index (κ2) is 10.7. The van der Waals surface area contributed by atoms with E-state index in [4.69, 9.17) is 14.2 Å². The predicted octanol–water partition coefficient (Wildman–Crippen LogP) is 5.40. The average molecular weight is 499 g/mol. The minimum Gasteiger partial charge on any atom is -0.493 e. The first kappa shape index (κ1) is 24.4. The number of hydrogen-bond acceptors (Lipinski definition) is 7. The fourth-order valence-corrected chi connectivity index (χ4v) is 4.78. The molecular weight excluding hydrogens is 468 g/mol. The lowest BCUT2D eigenvalue weighted by atomic mass is 9.89. The maximum atomic E-state index is 13.9. The molecule has 0 aliphatic carbocycles. The van der Waals surface area contributed by atoms with Gasteiger partial charge in [-0.05, 0) is 49.1 Å². The third kappa shape index (κ3) is 5.00. The van der Waals surface area contributed by atoms with E-state index in [1.807, 2.05) is 73.7 Å². The molecule has 0 saturated heterocycles. The summed E-state index contributed by atoms with van der Waals surface area (Å²) in [5.41, 5.74) is 4.39. The van der Waals surface area contributed by atoms with Crippen molar-refractivity contribution < 1.29 is 19.0 Å². The van der Waals surface area contributed by atoms with E-state index in [0.717, 1.165) is 16.8 Å². The van der Waals surface area contributed by atoms with Crippen LogP contribution in [0.2, 0.25) is 0 Å². The second-order valence-electron chi connectivity index (χ2n) is 8.83. The molecule has 1 amide bonds. The Morgan fingerprint density at radius 2 is 1.65 bits per heavy atom. The van der Waals surface area contributed by atoms with Crippen molar-refractivity contribution in [1.29, 1.82) is 0 Å². The first-order chi connectivity index (χ1) is 18.1. The number of benzene rings is 3. The quantitative estimate of drug-likeness (QED) is 0.352. The molecule has 3 aromatic carbocycles. The molecule has 4 aromatic rings. The maximum Gasteiger partial charge on any atom is 0.258 e. The lowest BCUT2D eigenvalue weighted by Gasteiger charge is -2.27. The summed E-state index contributed by atoms with van der Waals surface area (Å²) in [5.74, 6) is 1.38. The number of carbonyl (C=O) groups is 1. The molecule has 190 valence electrons. The number of nitrogens with one attached hydrogen (secondary N) is 2. The van der Waals surface area contributed by atoms with Crippen molar-refractivity contribution in [2.24, 2.45) is 5.92 Å². The van der Waals surface area contributed by atoms with Crippen LogP contribution in [0.1, 0.15) is 30.5 Å². The van der Waals surface area contributed by atoms with E-state index < -0.39 is 5.92 Å². The van der Waals surface area contributed by atoms with Crippen LogP contribution in [0.5, 0.6) is 17.4 Å². The number of ether oxygens (including phenoxy) is 3. The number of hydrogen-bond donors (Lipinski definition) is 2. The number of aromatic nitrogens is 2. The van der Waals surface area contributed by atoms with Gasteiger partial charge in [-0.3, -0.25) is 4.79 Å². The van der Waals surface area contributed by atoms with E-state index in [1.54, 1.807) is 14.2 Å². The van der Waals surface area contributed by atoms with Crippen LogP contribution in [0.15, 0.2) is 66.7 Å². The number of rotatable bonds is 7. The van der Waals surface area contributed by atoms with E-state index >= 15 is 0 Å². The summed E-state index contributed by atoms with van der Waals surface area (Å²) < 4.78 is 16.8. The number of amides is 1. The molecule has 1 aromatic heterocycles. The normalized spacial score (nSPS) is 16.7. The Bertz CT molecular complexity index is 1410. The highest BCUT2D eigenvalue weighted by Crippen LogP contribution is 2.41. The fourth-order valence-electron chi connectivity index (χ4n) is 4.78. The van der Waals surface area contributed by atoms with Crippen LogP contribution in [0.4, 0.5) is 11.5 Å². The maximum absolute atomic E-state index is 13.9. The topological polar surface area (TPSA) is 94.6 Å². The molecule has 0 fully saturated rings. The zero-order valence-corrected chi connectivity index (χ0v) is 21.2. The summed E-state index contributed by atoms with van der Waals surface area (Å²) in [7, 11) is 3.24. The number of anilines is 2. The third-order valence-electron chi connectivity index (χ3n) is 6.60. The van der Waals surface area contributed by atoms with Crippen LogP contribution in [-0.4, -0.2) is 36.7 Å². The van der Waals surface area contributed by atoms with Gasteiger partial charge in [-0.2, -0.15) is 0 Å². The van der Waals surface area contributed by atoms with Crippen LogP contribution in [0, 0.1) is 5.92 Å². The molecule has 1 aliphatic heterocycles. The van der Waals surface area contributed by atoms with E-state index in [-0.39, 0.29) is 11.9 Å². The van der Waals surface area contributed by atoms with Gasteiger partial charge in [-0.25, -0.2) is 9.97 Å². The monoisotopic (exact) mass is 498 g/mol. The average Bonchev–Trinajstić information content (AvgIpc) is 3.12. The standard InChI is InChI=1S/C29H30N4O4/c1-4-37-29-27(31-21-12-8-9-13-22(21)32-29)33-28(34)20-15-14-19-16-24(35-2)25(36-3)17-23(19)30-26(20)18-10-6-5-7-11-18/h5-13,16-17,20,26,30H,4,14-15H2,1-3H3,(H,31,33,34). The van der Waals surface area contributed by atoms with E-state index in [1.165, 1.54) is 0 Å². The molecule has 2 unspecified atom stereocenters. The van der Waals surface area contributed by atoms with Gasteiger partial charge in [-0.15, -0.1) is 0 Å². The van der Waals surface area contributed by atoms with Gasteiger partial charge >= 0.3 is 0 Å². The lowest BCUT2D eigenvalue weighted by Crippen LogP contribution is -2.32. The lowest BCUT2D eigenvalue weighted by molar-refractivity contribution is -0.120. The fraction of sp³-hybridized carbons (Fsp3) is 0.276. The molecule has 2 N–H and O–H groups in total. The minimum atomic E-state index is -0.394. The summed E-state index contributed by atoms with van der Waals surface area (Å²) in [5, 5.41) is 6.65. The summed E-state index contributed by atoms with van der Waals surface area (Å²) >= 11 is 0. The van der Waals surface area contributed by atoms with E-state index in [0.29, 0.717) is 53.7 Å². The number of methoxy groups -OCH3 is 2. The third-order valence-corrected chi connectivity index (χ3v) is 6.60. The van der Waals surface area contributed by atoms with Gasteiger partial charge in [0.05, 0.1) is 43.8 Å². The molecule has 5 rings (SSSR count). The minimum absolute atomic E-state index is 0.154.